The van der Waals surface area contributed by atoms with Crippen molar-refractivity contribution in [3.63, 3.8) is 0 Å². The Morgan fingerprint density at radius 3 is 2.68 bits per heavy atom. The second-order valence-electron chi connectivity index (χ2n) is 7.90. The van der Waals surface area contributed by atoms with Gasteiger partial charge in [-0.1, -0.05) is 19.1 Å². The Morgan fingerprint density at radius 1 is 1.29 bits per heavy atom. The average Bonchev–Trinajstić information content (AvgIpc) is 3.16. The topological polar surface area (TPSA) is 71.6 Å². The molecule has 0 fully saturated rings. The highest BCUT2D eigenvalue weighted by atomic mass is 32.2. The predicted octanol–water partition coefficient (Wildman–Crippen LogP) is 5.04. The van der Waals surface area contributed by atoms with Crippen molar-refractivity contribution in [2.24, 2.45) is 0 Å². The Hall–Kier alpha value is -2.80. The number of aromatic amines is 1. The van der Waals surface area contributed by atoms with Gasteiger partial charge in [0.1, 0.15) is 17.9 Å². The smallest absolute Gasteiger partial charge is 0.410 e. The number of rotatable bonds is 5. The van der Waals surface area contributed by atoms with Gasteiger partial charge in [-0.25, -0.2) is 4.79 Å². The standard InChI is InChI=1S/C24H28N2O4S.H2/c1-5-15(2)30-24(27)26-13-12-19-20-14-18(31(4)28)10-11-21(20)25-22(19)23(26)16-6-8-17(29-3)9-7-16;/h6-11,14-15,23,25H,5,12-13H2,1-4H3;1H. The minimum absolute atomic E-state index is 0. The fourth-order valence-corrected chi connectivity index (χ4v) is 4.64. The molecule has 6 nitrogen and oxygen atoms in total. The van der Waals surface area contributed by atoms with Crippen LogP contribution in [0.15, 0.2) is 47.4 Å². The van der Waals surface area contributed by atoms with Crippen molar-refractivity contribution in [3.8, 4) is 5.75 Å². The number of hydrogen-bond acceptors (Lipinski definition) is 4. The lowest BCUT2D eigenvalue weighted by atomic mass is 9.92. The summed E-state index contributed by atoms with van der Waals surface area (Å²) in [6, 6.07) is 13.3. The second-order valence-corrected chi connectivity index (χ2v) is 9.28. The number of amides is 1. The highest BCUT2D eigenvalue weighted by molar-refractivity contribution is 7.84. The van der Waals surface area contributed by atoms with E-state index in [9.17, 15) is 9.00 Å². The fourth-order valence-electron chi connectivity index (χ4n) is 4.10. The molecule has 2 aromatic carbocycles. The number of nitrogens with zero attached hydrogens (tertiary/aromatic N) is 1. The summed E-state index contributed by atoms with van der Waals surface area (Å²) in [6.07, 6.45) is 2.70. The van der Waals surface area contributed by atoms with Crippen LogP contribution in [0.1, 0.15) is 44.6 Å². The summed E-state index contributed by atoms with van der Waals surface area (Å²) in [5.41, 5.74) is 4.10. The predicted molar refractivity (Wildman–Crippen MR) is 124 cm³/mol. The van der Waals surface area contributed by atoms with Crippen LogP contribution < -0.4 is 4.74 Å². The van der Waals surface area contributed by atoms with Gasteiger partial charge in [0.15, 0.2) is 0 Å². The summed E-state index contributed by atoms with van der Waals surface area (Å²) in [5.74, 6) is 0.764. The van der Waals surface area contributed by atoms with Crippen LogP contribution in [-0.4, -0.2) is 46.2 Å². The SMILES string of the molecule is CCC(C)OC(=O)N1CCc2c([nH]c3ccc(S(C)=O)cc23)C1c1ccc(OC)cc1.[HH]. The van der Waals surface area contributed by atoms with Crippen molar-refractivity contribution in [1.29, 1.82) is 0 Å². The third kappa shape index (κ3) is 4.06. The summed E-state index contributed by atoms with van der Waals surface area (Å²) in [5, 5.41) is 1.07. The molecule has 1 aromatic heterocycles. The molecule has 3 aromatic rings. The second kappa shape index (κ2) is 8.75. The van der Waals surface area contributed by atoms with Crippen LogP contribution in [0.2, 0.25) is 0 Å². The van der Waals surface area contributed by atoms with Crippen molar-refractivity contribution in [1.82, 2.24) is 9.88 Å². The lowest BCUT2D eigenvalue weighted by Crippen LogP contribution is -2.41. The van der Waals surface area contributed by atoms with Crippen LogP contribution in [0.5, 0.6) is 5.75 Å². The van der Waals surface area contributed by atoms with Gasteiger partial charge in [0.2, 0.25) is 0 Å². The molecule has 166 valence electrons. The summed E-state index contributed by atoms with van der Waals surface area (Å²) in [7, 11) is 0.582. The van der Waals surface area contributed by atoms with Gasteiger partial charge in [-0.15, -0.1) is 0 Å². The molecule has 7 heteroatoms. The van der Waals surface area contributed by atoms with Gasteiger partial charge in [0, 0.05) is 46.5 Å². The number of ether oxygens (including phenoxy) is 2. The molecule has 0 radical (unpaired) electrons. The number of methoxy groups -OCH3 is 1. The Labute approximate surface area is 186 Å². The molecule has 0 spiro atoms. The molecule has 3 atom stereocenters. The van der Waals surface area contributed by atoms with Gasteiger partial charge in [-0.2, -0.15) is 0 Å². The summed E-state index contributed by atoms with van der Waals surface area (Å²) >= 11 is 0. The summed E-state index contributed by atoms with van der Waals surface area (Å²) < 4.78 is 23.0. The average molecular weight is 443 g/mol. The maximum absolute atomic E-state index is 13.1. The Balaban J connectivity index is 0.00000289. The molecule has 1 aliphatic heterocycles. The van der Waals surface area contributed by atoms with E-state index in [-0.39, 0.29) is 19.7 Å². The number of H-pyrrole nitrogens is 1. The molecule has 0 aliphatic carbocycles. The van der Waals surface area contributed by atoms with Gasteiger partial charge in [0.25, 0.3) is 0 Å². The van der Waals surface area contributed by atoms with E-state index in [1.165, 1.54) is 0 Å². The minimum Gasteiger partial charge on any atom is -0.497 e. The molecule has 0 bridgehead atoms. The number of hydrogen-bond donors (Lipinski definition) is 1. The number of fused-ring (bicyclic) bond motifs is 3. The zero-order chi connectivity index (χ0) is 22.1. The van der Waals surface area contributed by atoms with Crippen LogP contribution >= 0.6 is 0 Å². The lowest BCUT2D eigenvalue weighted by molar-refractivity contribution is 0.0579. The highest BCUT2D eigenvalue weighted by Crippen LogP contribution is 2.39. The molecule has 0 saturated heterocycles. The Morgan fingerprint density at radius 2 is 2.03 bits per heavy atom. The molecule has 1 N–H and O–H groups in total. The summed E-state index contributed by atoms with van der Waals surface area (Å²) in [6.45, 7) is 4.45. The third-order valence-corrected chi connectivity index (χ3v) is 6.89. The monoisotopic (exact) mass is 442 g/mol. The molecule has 3 unspecified atom stereocenters. The lowest BCUT2D eigenvalue weighted by Gasteiger charge is -2.36. The fraction of sp³-hybridized carbons (Fsp3) is 0.375. The molecule has 31 heavy (non-hydrogen) atoms. The van der Waals surface area contributed by atoms with Crippen molar-refractivity contribution >= 4 is 27.8 Å². The van der Waals surface area contributed by atoms with Crippen molar-refractivity contribution in [2.45, 2.75) is 43.7 Å². The highest BCUT2D eigenvalue weighted by Gasteiger charge is 2.36. The minimum atomic E-state index is -1.05. The van der Waals surface area contributed by atoms with Crippen LogP contribution in [0, 0.1) is 0 Å². The number of carbonyl (C=O) groups is 1. The number of nitrogens with one attached hydrogen (secondary N) is 1. The van der Waals surface area contributed by atoms with Crippen LogP contribution in [0.25, 0.3) is 10.9 Å². The maximum Gasteiger partial charge on any atom is 0.410 e. The van der Waals surface area contributed by atoms with Gasteiger partial charge < -0.3 is 14.5 Å². The van der Waals surface area contributed by atoms with Gasteiger partial charge in [-0.3, -0.25) is 9.11 Å². The zero-order valence-electron chi connectivity index (χ0n) is 18.3. The first kappa shape index (κ1) is 21.4. The van der Waals surface area contributed by atoms with Crippen molar-refractivity contribution in [3.05, 3.63) is 59.3 Å². The van der Waals surface area contributed by atoms with Crippen LogP contribution in [0.4, 0.5) is 4.79 Å². The van der Waals surface area contributed by atoms with E-state index in [0.29, 0.717) is 13.0 Å². The first-order valence-electron chi connectivity index (χ1n) is 10.5. The largest absolute Gasteiger partial charge is 0.497 e. The number of aromatic nitrogens is 1. The van der Waals surface area contributed by atoms with E-state index >= 15 is 0 Å². The molecule has 2 heterocycles. The molecule has 1 aliphatic rings. The van der Waals surface area contributed by atoms with E-state index in [1.54, 1.807) is 18.3 Å². The first-order chi connectivity index (χ1) is 14.9. The third-order valence-electron chi connectivity index (χ3n) is 5.97. The maximum atomic E-state index is 13.1. The van der Waals surface area contributed by atoms with E-state index in [4.69, 9.17) is 9.47 Å². The molecular weight excluding hydrogens is 412 g/mol. The van der Waals surface area contributed by atoms with E-state index in [1.807, 2.05) is 56.3 Å². The summed E-state index contributed by atoms with van der Waals surface area (Å²) in [4.78, 5) is 19.2. The van der Waals surface area contributed by atoms with Gasteiger partial charge in [-0.05, 0) is 61.2 Å². The Bertz CT molecular complexity index is 1130. The first-order valence-corrected chi connectivity index (χ1v) is 12.1. The molecule has 0 saturated carbocycles. The van der Waals surface area contributed by atoms with E-state index < -0.39 is 10.8 Å². The molecule has 4 rings (SSSR count). The zero-order valence-corrected chi connectivity index (χ0v) is 19.1. The van der Waals surface area contributed by atoms with E-state index in [2.05, 4.69) is 4.98 Å². The van der Waals surface area contributed by atoms with Crippen LogP contribution in [0.3, 0.4) is 0 Å². The van der Waals surface area contributed by atoms with E-state index in [0.717, 1.165) is 44.8 Å². The molecule has 1 amide bonds. The van der Waals surface area contributed by atoms with Crippen molar-refractivity contribution < 1.29 is 19.9 Å². The number of benzene rings is 2. The normalized spacial score (nSPS) is 17.8. The molecular formula is C24H30N2O4S. The Kier molecular flexibility index (Phi) is 6.05. The number of carbonyl (C=O) groups excluding carboxylic acids is 1. The van der Waals surface area contributed by atoms with Gasteiger partial charge in [0.05, 0.1) is 7.11 Å². The van der Waals surface area contributed by atoms with Gasteiger partial charge >= 0.3 is 6.09 Å². The van der Waals surface area contributed by atoms with Crippen molar-refractivity contribution in [2.75, 3.05) is 19.9 Å². The van der Waals surface area contributed by atoms with Crippen LogP contribution in [-0.2, 0) is 22.0 Å². The quantitative estimate of drug-likeness (QED) is 0.601.